The molecule has 1 amide bonds. The lowest BCUT2D eigenvalue weighted by atomic mass is 9.95. The van der Waals surface area contributed by atoms with Crippen molar-refractivity contribution in [2.24, 2.45) is 5.92 Å². The van der Waals surface area contributed by atoms with Gasteiger partial charge in [-0.05, 0) is 54.0 Å². The van der Waals surface area contributed by atoms with Crippen LogP contribution in [0.2, 0.25) is 10.0 Å². The van der Waals surface area contributed by atoms with E-state index in [1.54, 1.807) is 30.3 Å². The van der Waals surface area contributed by atoms with Gasteiger partial charge in [0.15, 0.2) is 5.78 Å². The molecule has 3 rings (SSSR count). The average molecular weight is 546 g/mol. The third kappa shape index (κ3) is 7.70. The molecule has 9 heteroatoms. The number of Topliss-reactive ketones (excluding diaryl/α,β-unsaturated/α-hetero) is 1. The molecule has 0 radical (unpaired) electrons. The molecule has 0 bridgehead atoms. The maximum atomic E-state index is 13.0. The number of hydrogen-bond donors (Lipinski definition) is 3. The number of carboxylic acids is 1. The van der Waals surface area contributed by atoms with E-state index in [2.05, 4.69) is 5.32 Å². The van der Waals surface area contributed by atoms with Crippen molar-refractivity contribution in [3.8, 4) is 11.1 Å². The number of aliphatic carboxylic acids is 1. The summed E-state index contributed by atoms with van der Waals surface area (Å²) in [7, 11) is 0. The fourth-order valence-corrected chi connectivity index (χ4v) is 3.67. The van der Waals surface area contributed by atoms with Gasteiger partial charge in [0.2, 0.25) is 0 Å². The van der Waals surface area contributed by atoms with Gasteiger partial charge in [0.25, 0.3) is 5.91 Å². The molecule has 6 nitrogen and oxygen atoms in total. The van der Waals surface area contributed by atoms with Crippen molar-refractivity contribution < 1.29 is 24.6 Å². The van der Waals surface area contributed by atoms with Crippen LogP contribution in [0.3, 0.4) is 0 Å². The predicted molar refractivity (Wildman–Crippen MR) is 147 cm³/mol. The molecule has 36 heavy (non-hydrogen) atoms. The van der Waals surface area contributed by atoms with Crippen molar-refractivity contribution in [3.05, 3.63) is 99.7 Å². The summed E-state index contributed by atoms with van der Waals surface area (Å²) in [5.74, 6) is -3.85. The first kappa shape index (κ1) is 29.1. The quantitative estimate of drug-likeness (QED) is 0.304. The Labute approximate surface area is 226 Å². The Morgan fingerprint density at radius 2 is 1.53 bits per heavy atom. The second-order valence-electron chi connectivity index (χ2n) is 7.94. The monoisotopic (exact) mass is 545 g/mol. The molecule has 0 saturated heterocycles. The number of aliphatic hydroxyl groups is 1. The van der Waals surface area contributed by atoms with Crippen molar-refractivity contribution >= 4 is 60.4 Å². The van der Waals surface area contributed by atoms with E-state index < -0.39 is 36.1 Å². The highest BCUT2D eigenvalue weighted by Crippen LogP contribution is 2.24. The van der Waals surface area contributed by atoms with Crippen LogP contribution in [-0.2, 0) is 9.59 Å². The predicted octanol–water partition coefficient (Wildman–Crippen LogP) is 5.58. The number of rotatable bonds is 9. The van der Waals surface area contributed by atoms with Crippen LogP contribution >= 0.6 is 36.7 Å². The number of carbonyl (C=O) groups is 3. The summed E-state index contributed by atoms with van der Waals surface area (Å²) in [5, 5.41) is 22.3. The molecular formula is C27H25Cl2NO5S. The summed E-state index contributed by atoms with van der Waals surface area (Å²) in [6.45, 7) is 1.29. The summed E-state index contributed by atoms with van der Waals surface area (Å²) < 4.78 is 0. The summed E-state index contributed by atoms with van der Waals surface area (Å²) in [6.07, 6.45) is -0.376. The van der Waals surface area contributed by atoms with E-state index in [1.165, 1.54) is 25.1 Å². The zero-order valence-electron chi connectivity index (χ0n) is 19.2. The lowest BCUT2D eigenvalue weighted by molar-refractivity contribution is -0.147. The molecule has 0 aliphatic rings. The minimum absolute atomic E-state index is 0. The molecular weight excluding hydrogens is 521 g/mol. The van der Waals surface area contributed by atoms with E-state index >= 15 is 0 Å². The second kappa shape index (κ2) is 13.3. The van der Waals surface area contributed by atoms with Crippen molar-refractivity contribution in [2.75, 3.05) is 0 Å². The van der Waals surface area contributed by atoms with Crippen LogP contribution in [0.25, 0.3) is 17.2 Å². The van der Waals surface area contributed by atoms with E-state index in [0.717, 1.165) is 11.1 Å². The van der Waals surface area contributed by atoms with Gasteiger partial charge in [-0.15, -0.1) is 0 Å². The normalized spacial score (nSPS) is 12.7. The molecule has 0 spiro atoms. The number of carbonyl (C=O) groups excluding carboxylic acids is 2. The lowest BCUT2D eigenvalue weighted by Gasteiger charge is -2.16. The molecule has 188 valence electrons. The van der Waals surface area contributed by atoms with Gasteiger partial charge in [-0.25, -0.2) is 0 Å². The smallest absolute Gasteiger partial charge is 0.309 e. The second-order valence-corrected chi connectivity index (χ2v) is 8.76. The molecule has 0 saturated carbocycles. The van der Waals surface area contributed by atoms with Gasteiger partial charge in [0, 0.05) is 12.0 Å². The summed E-state index contributed by atoms with van der Waals surface area (Å²) in [5.41, 5.74) is 2.57. The van der Waals surface area contributed by atoms with Gasteiger partial charge in [0.05, 0.1) is 27.8 Å². The first-order valence-corrected chi connectivity index (χ1v) is 11.5. The number of amides is 1. The van der Waals surface area contributed by atoms with Gasteiger partial charge in [0.1, 0.15) is 0 Å². The van der Waals surface area contributed by atoms with Gasteiger partial charge < -0.3 is 15.5 Å². The van der Waals surface area contributed by atoms with Crippen LogP contribution in [0.5, 0.6) is 0 Å². The Morgan fingerprint density at radius 3 is 2.08 bits per heavy atom. The van der Waals surface area contributed by atoms with E-state index in [9.17, 15) is 24.6 Å². The van der Waals surface area contributed by atoms with Gasteiger partial charge in [-0.2, -0.15) is 13.5 Å². The van der Waals surface area contributed by atoms with Crippen LogP contribution in [-0.4, -0.2) is 34.0 Å². The van der Waals surface area contributed by atoms with Gasteiger partial charge in [-0.1, -0.05) is 71.7 Å². The summed E-state index contributed by atoms with van der Waals surface area (Å²) >= 11 is 12.0. The topological polar surface area (TPSA) is 104 Å². The molecule has 3 aromatic carbocycles. The van der Waals surface area contributed by atoms with E-state index in [4.69, 9.17) is 23.2 Å². The zero-order chi connectivity index (χ0) is 25.5. The largest absolute Gasteiger partial charge is 0.481 e. The lowest BCUT2D eigenvalue weighted by Crippen LogP contribution is -2.33. The SMILES string of the molecule is C[C@H](O)[C@@H](CC(=O)/C(=C\c1ccc(Cl)c(Cl)c1)NC(=O)c1ccc(-c2ccccc2)cc1)C(=O)O.S. The molecule has 3 aromatic rings. The van der Waals surface area contributed by atoms with E-state index in [-0.39, 0.29) is 24.2 Å². The van der Waals surface area contributed by atoms with Crippen molar-refractivity contribution in [1.29, 1.82) is 0 Å². The maximum absolute atomic E-state index is 13.0. The molecule has 0 unspecified atom stereocenters. The summed E-state index contributed by atoms with van der Waals surface area (Å²) in [4.78, 5) is 37.4. The zero-order valence-corrected chi connectivity index (χ0v) is 21.8. The van der Waals surface area contributed by atoms with Crippen molar-refractivity contribution in [1.82, 2.24) is 5.32 Å². The van der Waals surface area contributed by atoms with Crippen LogP contribution in [0.4, 0.5) is 0 Å². The van der Waals surface area contributed by atoms with Crippen molar-refractivity contribution in [2.45, 2.75) is 19.4 Å². The third-order valence-electron chi connectivity index (χ3n) is 5.36. The van der Waals surface area contributed by atoms with E-state index in [1.807, 2.05) is 30.3 Å². The minimum atomic E-state index is -1.33. The standard InChI is InChI=1S/C27H23Cl2NO5.H2S/c1-16(31)21(27(34)35)15-25(32)24(14-17-7-12-22(28)23(29)13-17)30-26(33)20-10-8-19(9-11-20)18-5-3-2-4-6-18;/h2-14,16,21,31H,15H2,1H3,(H,30,33)(H,34,35);1H2/b24-14+;/t16-,21+;/m0./s1. The number of ketones is 1. The molecule has 0 aromatic heterocycles. The Morgan fingerprint density at radius 1 is 0.917 bits per heavy atom. The third-order valence-corrected chi connectivity index (χ3v) is 6.10. The summed E-state index contributed by atoms with van der Waals surface area (Å²) in [6, 6.07) is 21.2. The highest BCUT2D eigenvalue weighted by Gasteiger charge is 2.28. The van der Waals surface area contributed by atoms with Crippen LogP contribution in [0.1, 0.15) is 29.3 Å². The number of hydrogen-bond acceptors (Lipinski definition) is 4. The number of benzene rings is 3. The Kier molecular flexibility index (Phi) is 10.7. The van der Waals surface area contributed by atoms with E-state index in [0.29, 0.717) is 16.1 Å². The van der Waals surface area contributed by atoms with Gasteiger partial charge in [-0.3, -0.25) is 14.4 Å². The molecule has 0 aliphatic heterocycles. The first-order valence-electron chi connectivity index (χ1n) is 10.7. The van der Waals surface area contributed by atoms with Gasteiger partial charge >= 0.3 is 5.97 Å². The number of aliphatic hydroxyl groups excluding tert-OH is 1. The first-order chi connectivity index (χ1) is 16.7. The molecule has 0 heterocycles. The Hall–Kier alpha value is -3.10. The number of nitrogens with one attached hydrogen (secondary N) is 1. The average Bonchev–Trinajstić information content (AvgIpc) is 2.84. The minimum Gasteiger partial charge on any atom is -0.481 e. The van der Waals surface area contributed by atoms with Crippen LogP contribution < -0.4 is 5.32 Å². The highest BCUT2D eigenvalue weighted by molar-refractivity contribution is 7.59. The highest BCUT2D eigenvalue weighted by atomic mass is 35.5. The number of carboxylic acid groups (broad SMARTS) is 1. The number of halogens is 2. The van der Waals surface area contributed by atoms with Crippen molar-refractivity contribution in [3.63, 3.8) is 0 Å². The number of allylic oxidation sites excluding steroid dienone is 1. The fraction of sp³-hybridized carbons (Fsp3) is 0.148. The molecule has 2 atom stereocenters. The molecule has 3 N–H and O–H groups in total. The van der Waals surface area contributed by atoms with Crippen LogP contribution in [0, 0.1) is 5.92 Å². The Balaban J connectivity index is 0.00000456. The molecule has 0 aliphatic carbocycles. The Bertz CT molecular complexity index is 1260. The fourth-order valence-electron chi connectivity index (χ4n) is 3.37. The van der Waals surface area contributed by atoms with Crippen LogP contribution in [0.15, 0.2) is 78.5 Å². The molecule has 0 fully saturated rings. The maximum Gasteiger partial charge on any atom is 0.309 e.